The normalized spacial score (nSPS) is 9.36. The minimum atomic E-state index is -1.54. The van der Waals surface area contributed by atoms with Gasteiger partial charge in [-0.15, -0.1) is 12.4 Å². The van der Waals surface area contributed by atoms with Crippen LogP contribution in [0.4, 0.5) is 14.5 Å². The SMILES string of the molecule is Cc1c(F)cc(C(=O)O)c(F)c1N.Cl. The Morgan fingerprint density at radius 3 is 2.43 bits per heavy atom. The summed E-state index contributed by atoms with van der Waals surface area (Å²) in [5, 5.41) is 8.44. The van der Waals surface area contributed by atoms with Gasteiger partial charge in [-0.25, -0.2) is 13.6 Å². The molecule has 0 unspecified atom stereocenters. The van der Waals surface area contributed by atoms with Crippen molar-refractivity contribution in [3.05, 3.63) is 28.8 Å². The number of hydrogen-bond donors (Lipinski definition) is 2. The summed E-state index contributed by atoms with van der Waals surface area (Å²) in [4.78, 5) is 10.4. The predicted molar refractivity (Wildman–Crippen MR) is 49.7 cm³/mol. The Labute approximate surface area is 84.9 Å². The Bertz CT molecular complexity index is 382. The van der Waals surface area contributed by atoms with Crippen LogP contribution in [0, 0.1) is 18.6 Å². The molecule has 0 atom stereocenters. The Balaban J connectivity index is 0.00000169. The van der Waals surface area contributed by atoms with Crippen LogP contribution >= 0.6 is 12.4 Å². The van der Waals surface area contributed by atoms with Gasteiger partial charge in [-0.05, 0) is 13.0 Å². The van der Waals surface area contributed by atoms with Gasteiger partial charge in [0.05, 0.1) is 5.69 Å². The number of carboxylic acid groups (broad SMARTS) is 1. The summed E-state index contributed by atoms with van der Waals surface area (Å²) in [6.45, 7) is 1.28. The zero-order valence-electron chi connectivity index (χ0n) is 7.17. The third-order valence-corrected chi connectivity index (χ3v) is 1.74. The predicted octanol–water partition coefficient (Wildman–Crippen LogP) is 1.98. The Morgan fingerprint density at radius 1 is 1.50 bits per heavy atom. The van der Waals surface area contributed by atoms with E-state index in [1.54, 1.807) is 0 Å². The van der Waals surface area contributed by atoms with E-state index in [4.69, 9.17) is 10.8 Å². The Hall–Kier alpha value is -1.36. The number of halogens is 3. The molecule has 3 nitrogen and oxygen atoms in total. The van der Waals surface area contributed by atoms with Crippen LogP contribution in [0.15, 0.2) is 6.07 Å². The molecule has 1 rings (SSSR count). The average Bonchev–Trinajstić information content (AvgIpc) is 2.07. The van der Waals surface area contributed by atoms with Crippen molar-refractivity contribution < 1.29 is 18.7 Å². The summed E-state index contributed by atoms with van der Waals surface area (Å²) < 4.78 is 25.9. The first-order valence-corrected chi connectivity index (χ1v) is 3.42. The summed E-state index contributed by atoms with van der Waals surface area (Å²) in [6.07, 6.45) is 0. The summed E-state index contributed by atoms with van der Waals surface area (Å²) in [7, 11) is 0. The van der Waals surface area contributed by atoms with Crippen molar-refractivity contribution >= 4 is 24.1 Å². The van der Waals surface area contributed by atoms with Gasteiger partial charge in [0.2, 0.25) is 0 Å². The van der Waals surface area contributed by atoms with Gasteiger partial charge in [0, 0.05) is 5.56 Å². The van der Waals surface area contributed by atoms with E-state index in [1.807, 2.05) is 0 Å². The first-order valence-electron chi connectivity index (χ1n) is 3.42. The number of nitrogens with two attached hydrogens (primary N) is 1. The number of anilines is 1. The van der Waals surface area contributed by atoms with Gasteiger partial charge < -0.3 is 10.8 Å². The molecule has 0 aliphatic heterocycles. The number of hydrogen-bond acceptors (Lipinski definition) is 2. The molecule has 0 saturated carbocycles. The van der Waals surface area contributed by atoms with E-state index in [1.165, 1.54) is 6.92 Å². The highest BCUT2D eigenvalue weighted by atomic mass is 35.5. The lowest BCUT2D eigenvalue weighted by Gasteiger charge is -2.05. The van der Waals surface area contributed by atoms with E-state index in [9.17, 15) is 13.6 Å². The van der Waals surface area contributed by atoms with Gasteiger partial charge in [0.1, 0.15) is 11.4 Å². The van der Waals surface area contributed by atoms with Crippen LogP contribution < -0.4 is 5.73 Å². The molecule has 1 aromatic carbocycles. The summed E-state index contributed by atoms with van der Waals surface area (Å²) in [6, 6.07) is 0.614. The van der Waals surface area contributed by atoms with Gasteiger partial charge in [0.25, 0.3) is 0 Å². The average molecular weight is 224 g/mol. The molecule has 0 aliphatic rings. The molecule has 3 N–H and O–H groups in total. The number of carboxylic acids is 1. The molecular formula is C8H8ClF2NO2. The third-order valence-electron chi connectivity index (χ3n) is 1.74. The maximum Gasteiger partial charge on any atom is 0.338 e. The minimum absolute atomic E-state index is 0. The summed E-state index contributed by atoms with van der Waals surface area (Å²) in [5.74, 6) is -3.45. The maximum absolute atomic E-state index is 13.0. The minimum Gasteiger partial charge on any atom is -0.478 e. The molecule has 0 aliphatic carbocycles. The van der Waals surface area contributed by atoms with E-state index in [0.29, 0.717) is 6.07 Å². The van der Waals surface area contributed by atoms with Crippen molar-refractivity contribution in [2.75, 3.05) is 5.73 Å². The fraction of sp³-hybridized carbons (Fsp3) is 0.125. The van der Waals surface area contributed by atoms with Crippen molar-refractivity contribution in [2.45, 2.75) is 6.92 Å². The van der Waals surface area contributed by atoms with Crippen molar-refractivity contribution in [3.8, 4) is 0 Å². The van der Waals surface area contributed by atoms with E-state index in [2.05, 4.69) is 0 Å². The fourth-order valence-electron chi connectivity index (χ4n) is 0.892. The largest absolute Gasteiger partial charge is 0.478 e. The molecule has 6 heteroatoms. The van der Waals surface area contributed by atoms with Gasteiger partial charge >= 0.3 is 5.97 Å². The monoisotopic (exact) mass is 223 g/mol. The van der Waals surface area contributed by atoms with Crippen LogP contribution in [0.3, 0.4) is 0 Å². The second-order valence-corrected chi connectivity index (χ2v) is 2.56. The first-order chi connectivity index (χ1) is 5.95. The number of benzene rings is 1. The van der Waals surface area contributed by atoms with Crippen LogP contribution in [0.5, 0.6) is 0 Å². The molecular weight excluding hydrogens is 216 g/mol. The van der Waals surface area contributed by atoms with Crippen LogP contribution in [0.1, 0.15) is 15.9 Å². The topological polar surface area (TPSA) is 63.3 Å². The van der Waals surface area contributed by atoms with Crippen molar-refractivity contribution in [2.24, 2.45) is 0 Å². The lowest BCUT2D eigenvalue weighted by atomic mass is 10.1. The van der Waals surface area contributed by atoms with E-state index >= 15 is 0 Å². The zero-order chi connectivity index (χ0) is 10.2. The highest BCUT2D eigenvalue weighted by molar-refractivity contribution is 5.89. The number of rotatable bonds is 1. The molecule has 14 heavy (non-hydrogen) atoms. The molecule has 0 bridgehead atoms. The molecule has 0 amide bonds. The molecule has 0 heterocycles. The van der Waals surface area contributed by atoms with Crippen molar-refractivity contribution in [3.63, 3.8) is 0 Å². The van der Waals surface area contributed by atoms with E-state index in [-0.39, 0.29) is 18.0 Å². The molecule has 0 spiro atoms. The standard InChI is InChI=1S/C8H7F2NO2.ClH/c1-3-5(9)2-4(8(12)13)6(10)7(3)11;/h2H,11H2,1H3,(H,12,13);1H. The van der Waals surface area contributed by atoms with Crippen LogP contribution in [0.2, 0.25) is 0 Å². The molecule has 0 aromatic heterocycles. The van der Waals surface area contributed by atoms with E-state index < -0.39 is 28.9 Å². The number of nitrogen functional groups attached to an aromatic ring is 1. The molecule has 0 saturated heterocycles. The Morgan fingerprint density at radius 2 is 2.00 bits per heavy atom. The smallest absolute Gasteiger partial charge is 0.338 e. The van der Waals surface area contributed by atoms with E-state index in [0.717, 1.165) is 0 Å². The molecule has 1 aromatic rings. The fourth-order valence-corrected chi connectivity index (χ4v) is 0.892. The second-order valence-electron chi connectivity index (χ2n) is 2.56. The molecule has 0 fully saturated rings. The summed E-state index contributed by atoms with van der Waals surface area (Å²) in [5.41, 5.74) is 3.85. The summed E-state index contributed by atoms with van der Waals surface area (Å²) >= 11 is 0. The first kappa shape index (κ1) is 12.6. The lowest BCUT2D eigenvalue weighted by molar-refractivity contribution is 0.0691. The lowest BCUT2D eigenvalue weighted by Crippen LogP contribution is -2.07. The highest BCUT2D eigenvalue weighted by Gasteiger charge is 2.17. The van der Waals surface area contributed by atoms with Crippen LogP contribution in [-0.2, 0) is 0 Å². The highest BCUT2D eigenvalue weighted by Crippen LogP contribution is 2.22. The van der Waals surface area contributed by atoms with Crippen molar-refractivity contribution in [1.29, 1.82) is 0 Å². The quantitative estimate of drug-likeness (QED) is 0.716. The van der Waals surface area contributed by atoms with Crippen LogP contribution in [0.25, 0.3) is 0 Å². The number of aromatic carboxylic acids is 1. The zero-order valence-corrected chi connectivity index (χ0v) is 7.99. The van der Waals surface area contributed by atoms with Gasteiger partial charge in [-0.3, -0.25) is 0 Å². The number of carbonyl (C=O) groups is 1. The van der Waals surface area contributed by atoms with Crippen molar-refractivity contribution in [1.82, 2.24) is 0 Å². The van der Waals surface area contributed by atoms with Gasteiger partial charge in [0.15, 0.2) is 5.82 Å². The second kappa shape index (κ2) is 4.23. The van der Waals surface area contributed by atoms with Gasteiger partial charge in [-0.2, -0.15) is 0 Å². The third kappa shape index (κ3) is 1.93. The van der Waals surface area contributed by atoms with Crippen LogP contribution in [-0.4, -0.2) is 11.1 Å². The maximum atomic E-state index is 13.0. The Kier molecular flexibility index (Phi) is 3.82. The molecule has 78 valence electrons. The molecule has 0 radical (unpaired) electrons. The van der Waals surface area contributed by atoms with Gasteiger partial charge in [-0.1, -0.05) is 0 Å².